The van der Waals surface area contributed by atoms with Gasteiger partial charge in [-0.25, -0.2) is 0 Å². The van der Waals surface area contributed by atoms with Gasteiger partial charge >= 0.3 is 0 Å². The highest BCUT2D eigenvalue weighted by molar-refractivity contribution is 5.73. The third-order valence-corrected chi connectivity index (χ3v) is 5.75. The van der Waals surface area contributed by atoms with Crippen molar-refractivity contribution in [2.45, 2.75) is 40.0 Å². The number of rotatable bonds is 5. The molecular formula is C27H28. The zero-order valence-corrected chi connectivity index (χ0v) is 16.6. The molecule has 0 spiro atoms. The third kappa shape index (κ3) is 3.90. The van der Waals surface area contributed by atoms with E-state index in [1.54, 1.807) is 0 Å². The van der Waals surface area contributed by atoms with E-state index in [0.717, 1.165) is 19.3 Å². The average Bonchev–Trinajstić information content (AvgIpc) is 3.07. The van der Waals surface area contributed by atoms with Gasteiger partial charge in [0.1, 0.15) is 0 Å². The summed E-state index contributed by atoms with van der Waals surface area (Å²) in [6, 6.07) is 24.7. The van der Waals surface area contributed by atoms with Crippen molar-refractivity contribution in [2.75, 3.05) is 0 Å². The maximum absolute atomic E-state index is 2.42. The second-order valence-corrected chi connectivity index (χ2v) is 8.12. The van der Waals surface area contributed by atoms with Gasteiger partial charge in [0.25, 0.3) is 0 Å². The maximum Gasteiger partial charge on any atom is -0.00854 e. The molecule has 0 amide bonds. The van der Waals surface area contributed by atoms with E-state index in [2.05, 4.69) is 93.6 Å². The molecule has 0 saturated heterocycles. The largest absolute Gasteiger partial charge is 0.0763 e. The van der Waals surface area contributed by atoms with Crippen LogP contribution in [0.25, 0.3) is 16.7 Å². The molecule has 0 heteroatoms. The second-order valence-electron chi connectivity index (χ2n) is 8.12. The summed E-state index contributed by atoms with van der Waals surface area (Å²) in [5, 5.41) is 0. The molecular weight excluding hydrogens is 324 g/mol. The molecule has 0 radical (unpaired) electrons. The molecule has 136 valence electrons. The lowest BCUT2D eigenvalue weighted by Crippen LogP contribution is -2.01. The minimum Gasteiger partial charge on any atom is -0.0763 e. The molecule has 0 heterocycles. The first-order valence-electron chi connectivity index (χ1n) is 10.0. The fourth-order valence-corrected chi connectivity index (χ4v) is 4.24. The van der Waals surface area contributed by atoms with E-state index in [4.69, 9.17) is 0 Å². The molecule has 0 unspecified atom stereocenters. The second kappa shape index (κ2) is 7.56. The van der Waals surface area contributed by atoms with Crippen molar-refractivity contribution < 1.29 is 0 Å². The average molecular weight is 353 g/mol. The molecule has 1 aliphatic carbocycles. The van der Waals surface area contributed by atoms with Crippen LogP contribution in [0.4, 0.5) is 0 Å². The highest BCUT2D eigenvalue weighted by Gasteiger charge is 2.16. The summed E-state index contributed by atoms with van der Waals surface area (Å²) in [5.41, 5.74) is 11.3. The molecule has 0 aliphatic heterocycles. The number of fused-ring (bicyclic) bond motifs is 1. The van der Waals surface area contributed by atoms with Crippen LogP contribution in [0.2, 0.25) is 0 Å². The van der Waals surface area contributed by atoms with Gasteiger partial charge in [-0.1, -0.05) is 85.3 Å². The Morgan fingerprint density at radius 3 is 2.41 bits per heavy atom. The molecule has 27 heavy (non-hydrogen) atoms. The van der Waals surface area contributed by atoms with Crippen LogP contribution in [0, 0.1) is 19.8 Å². The Morgan fingerprint density at radius 2 is 1.59 bits per heavy atom. The van der Waals surface area contributed by atoms with Crippen LogP contribution >= 0.6 is 0 Å². The summed E-state index contributed by atoms with van der Waals surface area (Å²) in [6.07, 6.45) is 5.80. The summed E-state index contributed by atoms with van der Waals surface area (Å²) in [7, 11) is 0. The molecule has 0 saturated carbocycles. The summed E-state index contributed by atoms with van der Waals surface area (Å²) in [5.74, 6) is 0.635. The Bertz CT molecular complexity index is 973. The van der Waals surface area contributed by atoms with Gasteiger partial charge in [0.2, 0.25) is 0 Å². The van der Waals surface area contributed by atoms with E-state index in [9.17, 15) is 0 Å². The number of allylic oxidation sites excluding steroid dienone is 2. The molecule has 0 aromatic heterocycles. The highest BCUT2D eigenvalue weighted by Crippen LogP contribution is 2.33. The number of hydrogen-bond acceptors (Lipinski definition) is 0. The summed E-state index contributed by atoms with van der Waals surface area (Å²) in [6.45, 7) is 6.74. The van der Waals surface area contributed by atoms with Crippen LogP contribution in [0.3, 0.4) is 0 Å². The van der Waals surface area contributed by atoms with Gasteiger partial charge in [-0.3, -0.25) is 0 Å². The van der Waals surface area contributed by atoms with Gasteiger partial charge in [0.05, 0.1) is 0 Å². The predicted molar refractivity (Wildman–Crippen MR) is 117 cm³/mol. The quantitative estimate of drug-likeness (QED) is 0.456. The maximum atomic E-state index is 2.42. The van der Waals surface area contributed by atoms with Crippen LogP contribution < -0.4 is 0 Å². The van der Waals surface area contributed by atoms with Crippen molar-refractivity contribution in [1.29, 1.82) is 0 Å². The van der Waals surface area contributed by atoms with E-state index in [0.29, 0.717) is 5.92 Å². The normalized spacial score (nSPS) is 14.0. The van der Waals surface area contributed by atoms with Crippen LogP contribution in [0.5, 0.6) is 0 Å². The monoisotopic (exact) mass is 352 g/mol. The topological polar surface area (TPSA) is 0 Å². The number of benzene rings is 3. The van der Waals surface area contributed by atoms with Crippen LogP contribution in [0.15, 0.2) is 72.8 Å². The van der Waals surface area contributed by atoms with Crippen molar-refractivity contribution in [3.05, 3.63) is 101 Å². The lowest BCUT2D eigenvalue weighted by atomic mass is 9.89. The van der Waals surface area contributed by atoms with Crippen molar-refractivity contribution in [3.8, 4) is 11.1 Å². The van der Waals surface area contributed by atoms with Gasteiger partial charge in [-0.15, -0.1) is 0 Å². The minimum atomic E-state index is 0.635. The first-order chi connectivity index (χ1) is 13.1. The third-order valence-electron chi connectivity index (χ3n) is 5.75. The van der Waals surface area contributed by atoms with Gasteiger partial charge in [-0.2, -0.15) is 0 Å². The molecule has 0 bridgehead atoms. The Hall–Kier alpha value is -2.60. The van der Waals surface area contributed by atoms with Crippen molar-refractivity contribution >= 4 is 5.57 Å². The van der Waals surface area contributed by atoms with Crippen LogP contribution in [0.1, 0.15) is 41.2 Å². The molecule has 3 aromatic carbocycles. The van der Waals surface area contributed by atoms with Gasteiger partial charge in [0, 0.05) is 0 Å². The van der Waals surface area contributed by atoms with Gasteiger partial charge < -0.3 is 0 Å². The minimum absolute atomic E-state index is 0.635. The summed E-state index contributed by atoms with van der Waals surface area (Å²) >= 11 is 0. The first-order valence-corrected chi connectivity index (χ1v) is 10.0. The van der Waals surface area contributed by atoms with E-state index >= 15 is 0 Å². The van der Waals surface area contributed by atoms with Crippen molar-refractivity contribution in [1.82, 2.24) is 0 Å². The molecule has 3 aromatic rings. The smallest absolute Gasteiger partial charge is 0.00854 e. The highest BCUT2D eigenvalue weighted by atomic mass is 14.2. The zero-order chi connectivity index (χ0) is 18.8. The molecule has 1 aliphatic rings. The predicted octanol–water partition coefficient (Wildman–Crippen LogP) is 7.18. The fraction of sp³-hybridized carbons (Fsp3) is 0.259. The number of hydrogen-bond donors (Lipinski definition) is 0. The van der Waals surface area contributed by atoms with Crippen LogP contribution in [-0.2, 0) is 12.8 Å². The molecule has 4 rings (SSSR count). The summed E-state index contributed by atoms with van der Waals surface area (Å²) in [4.78, 5) is 0. The van der Waals surface area contributed by atoms with E-state index < -0.39 is 0 Å². The Kier molecular flexibility index (Phi) is 4.99. The van der Waals surface area contributed by atoms with Crippen molar-refractivity contribution in [2.24, 2.45) is 5.92 Å². The van der Waals surface area contributed by atoms with E-state index in [1.165, 1.54) is 44.5 Å². The lowest BCUT2D eigenvalue weighted by molar-refractivity contribution is 0.598. The zero-order valence-electron chi connectivity index (χ0n) is 16.6. The Morgan fingerprint density at radius 1 is 0.815 bits per heavy atom. The standard InChI is InChI=1S/C27H28/c1-19-8-12-24(13-9-19)27-18-22(11-10-21(27)3)16-20(2)17-25-15-14-23-6-4-5-7-26(23)25/h4-13,15,18,20H,14,16-17H2,1-3H3/t20-/m0/s1. The first kappa shape index (κ1) is 17.8. The summed E-state index contributed by atoms with van der Waals surface area (Å²) < 4.78 is 0. The number of aryl methyl sites for hydroxylation is 2. The van der Waals surface area contributed by atoms with Crippen LogP contribution in [-0.4, -0.2) is 0 Å². The van der Waals surface area contributed by atoms with Gasteiger partial charge in [-0.05, 0) is 78.0 Å². The lowest BCUT2D eigenvalue weighted by Gasteiger charge is -2.15. The molecule has 0 fully saturated rings. The van der Waals surface area contributed by atoms with Gasteiger partial charge in [0.15, 0.2) is 0 Å². The molecule has 0 N–H and O–H groups in total. The van der Waals surface area contributed by atoms with Crippen molar-refractivity contribution in [3.63, 3.8) is 0 Å². The molecule has 0 nitrogen and oxygen atoms in total. The van der Waals surface area contributed by atoms with E-state index in [1.807, 2.05) is 0 Å². The Balaban J connectivity index is 1.50. The fourth-order valence-electron chi connectivity index (χ4n) is 4.24. The molecule has 1 atom stereocenters. The SMILES string of the molecule is Cc1ccc(-c2cc(C[C@H](C)CC3=CCc4ccccc43)ccc2C)cc1. The van der Waals surface area contributed by atoms with E-state index in [-0.39, 0.29) is 0 Å². The Labute approximate surface area is 163 Å².